The Bertz CT molecular complexity index is 251. The van der Waals surface area contributed by atoms with E-state index in [1.54, 1.807) is 0 Å². The van der Waals surface area contributed by atoms with E-state index in [-0.39, 0.29) is 5.71 Å². The summed E-state index contributed by atoms with van der Waals surface area (Å²) in [5.41, 5.74) is 0.132. The summed E-state index contributed by atoms with van der Waals surface area (Å²) in [7, 11) is 1.28. The standard InChI is InChI=1S/C7H9NO5/c1-10-6(9)4-5-7(13-8-4)12-3-2-11-5/h5,7H,2-3H2,1H3/t5-,7+/m0/s1. The maximum absolute atomic E-state index is 11.1. The van der Waals surface area contributed by atoms with Crippen molar-refractivity contribution in [2.45, 2.75) is 12.4 Å². The third-order valence-corrected chi connectivity index (χ3v) is 1.83. The van der Waals surface area contributed by atoms with Gasteiger partial charge in [0.1, 0.15) is 0 Å². The minimum absolute atomic E-state index is 0.132. The molecular formula is C7H9NO5. The number of ether oxygens (including phenoxy) is 3. The summed E-state index contributed by atoms with van der Waals surface area (Å²) in [5.74, 6) is -0.544. The zero-order chi connectivity index (χ0) is 9.26. The monoisotopic (exact) mass is 187 g/mol. The number of methoxy groups -OCH3 is 1. The fourth-order valence-corrected chi connectivity index (χ4v) is 1.22. The van der Waals surface area contributed by atoms with Crippen LogP contribution in [-0.4, -0.2) is 44.4 Å². The summed E-state index contributed by atoms with van der Waals surface area (Å²) < 4.78 is 14.9. The van der Waals surface area contributed by atoms with Gasteiger partial charge in [0.2, 0.25) is 0 Å². The fraction of sp³-hybridized carbons (Fsp3) is 0.714. The van der Waals surface area contributed by atoms with Crippen LogP contribution in [-0.2, 0) is 23.8 Å². The topological polar surface area (TPSA) is 66.4 Å². The molecule has 0 aromatic heterocycles. The Morgan fingerprint density at radius 2 is 2.31 bits per heavy atom. The van der Waals surface area contributed by atoms with E-state index in [1.807, 2.05) is 0 Å². The number of rotatable bonds is 1. The largest absolute Gasteiger partial charge is 0.464 e. The summed E-state index contributed by atoms with van der Waals surface area (Å²) in [4.78, 5) is 15.9. The van der Waals surface area contributed by atoms with E-state index >= 15 is 0 Å². The number of oxime groups is 1. The van der Waals surface area contributed by atoms with Crippen molar-refractivity contribution in [1.29, 1.82) is 0 Å². The SMILES string of the molecule is COC(=O)C1=NO[C@H]2OCCO[C@@H]12. The predicted molar refractivity (Wildman–Crippen MR) is 40.0 cm³/mol. The molecule has 0 saturated carbocycles. The Balaban J connectivity index is 2.09. The molecule has 0 aliphatic carbocycles. The molecule has 2 aliphatic heterocycles. The number of hydrogen-bond acceptors (Lipinski definition) is 6. The van der Waals surface area contributed by atoms with Gasteiger partial charge in [0, 0.05) is 0 Å². The van der Waals surface area contributed by atoms with E-state index in [0.717, 1.165) is 0 Å². The Morgan fingerprint density at radius 3 is 3.08 bits per heavy atom. The zero-order valence-corrected chi connectivity index (χ0v) is 7.06. The highest BCUT2D eigenvalue weighted by Gasteiger charge is 2.42. The molecule has 2 atom stereocenters. The lowest BCUT2D eigenvalue weighted by atomic mass is 10.2. The highest BCUT2D eigenvalue weighted by atomic mass is 16.8. The highest BCUT2D eigenvalue weighted by molar-refractivity contribution is 6.38. The summed E-state index contributed by atoms with van der Waals surface area (Å²) >= 11 is 0. The van der Waals surface area contributed by atoms with Gasteiger partial charge in [-0.05, 0) is 0 Å². The van der Waals surface area contributed by atoms with Gasteiger partial charge in [-0.25, -0.2) is 4.79 Å². The van der Waals surface area contributed by atoms with Gasteiger partial charge in [-0.3, -0.25) is 0 Å². The van der Waals surface area contributed by atoms with Crippen molar-refractivity contribution in [3.8, 4) is 0 Å². The Labute approximate surface area is 74.4 Å². The van der Waals surface area contributed by atoms with E-state index in [2.05, 4.69) is 9.89 Å². The van der Waals surface area contributed by atoms with E-state index < -0.39 is 18.4 Å². The fourth-order valence-electron chi connectivity index (χ4n) is 1.22. The summed E-state index contributed by atoms with van der Waals surface area (Å²) in [5, 5.41) is 3.54. The Morgan fingerprint density at radius 1 is 1.54 bits per heavy atom. The molecule has 0 amide bonds. The van der Waals surface area contributed by atoms with Crippen molar-refractivity contribution in [2.24, 2.45) is 5.16 Å². The third-order valence-electron chi connectivity index (χ3n) is 1.83. The minimum Gasteiger partial charge on any atom is -0.464 e. The van der Waals surface area contributed by atoms with Gasteiger partial charge in [0.05, 0.1) is 20.3 Å². The number of hydrogen-bond donors (Lipinski definition) is 0. The lowest BCUT2D eigenvalue weighted by Gasteiger charge is -2.23. The predicted octanol–water partition coefficient (Wildman–Crippen LogP) is -0.713. The molecule has 6 heteroatoms. The molecule has 0 unspecified atom stereocenters. The first-order valence-corrected chi connectivity index (χ1v) is 3.88. The quantitative estimate of drug-likeness (QED) is 0.507. The summed E-state index contributed by atoms with van der Waals surface area (Å²) in [6, 6.07) is 0. The van der Waals surface area contributed by atoms with Crippen LogP contribution in [0.1, 0.15) is 0 Å². The molecule has 2 heterocycles. The van der Waals surface area contributed by atoms with Crippen molar-refractivity contribution in [1.82, 2.24) is 0 Å². The Kier molecular flexibility index (Phi) is 2.15. The molecule has 0 aromatic carbocycles. The van der Waals surface area contributed by atoms with Gasteiger partial charge >= 0.3 is 5.97 Å². The molecular weight excluding hydrogens is 178 g/mol. The summed E-state index contributed by atoms with van der Waals surface area (Å²) in [6.45, 7) is 0.881. The van der Waals surface area contributed by atoms with Crippen molar-refractivity contribution in [2.75, 3.05) is 20.3 Å². The molecule has 2 aliphatic rings. The van der Waals surface area contributed by atoms with Gasteiger partial charge < -0.3 is 19.0 Å². The van der Waals surface area contributed by atoms with Gasteiger partial charge in [0.25, 0.3) is 6.29 Å². The first-order valence-electron chi connectivity index (χ1n) is 3.88. The van der Waals surface area contributed by atoms with Crippen LogP contribution in [0, 0.1) is 0 Å². The second kappa shape index (κ2) is 3.31. The third kappa shape index (κ3) is 1.38. The maximum atomic E-state index is 11.1. The van der Waals surface area contributed by atoms with E-state index in [4.69, 9.17) is 14.3 Å². The van der Waals surface area contributed by atoms with Crippen molar-refractivity contribution < 1.29 is 23.8 Å². The molecule has 72 valence electrons. The number of carbonyl (C=O) groups excluding carboxylic acids is 1. The highest BCUT2D eigenvalue weighted by Crippen LogP contribution is 2.20. The summed E-state index contributed by atoms with van der Waals surface area (Å²) in [6.07, 6.45) is -1.14. The molecule has 0 spiro atoms. The van der Waals surface area contributed by atoms with E-state index in [0.29, 0.717) is 13.2 Å². The van der Waals surface area contributed by atoms with Gasteiger partial charge in [-0.15, -0.1) is 0 Å². The van der Waals surface area contributed by atoms with Crippen molar-refractivity contribution in [3.05, 3.63) is 0 Å². The van der Waals surface area contributed by atoms with Crippen LogP contribution in [0.25, 0.3) is 0 Å². The molecule has 0 N–H and O–H groups in total. The molecule has 0 aromatic rings. The van der Waals surface area contributed by atoms with E-state index in [9.17, 15) is 4.79 Å². The first-order chi connectivity index (χ1) is 6.33. The number of nitrogens with zero attached hydrogens (tertiary/aromatic N) is 1. The van der Waals surface area contributed by atoms with Crippen molar-refractivity contribution >= 4 is 11.7 Å². The molecule has 0 radical (unpaired) electrons. The lowest BCUT2D eigenvalue weighted by Crippen LogP contribution is -2.43. The van der Waals surface area contributed by atoms with Crippen LogP contribution in [0.3, 0.4) is 0 Å². The number of fused-ring (bicyclic) bond motifs is 1. The lowest BCUT2D eigenvalue weighted by molar-refractivity contribution is -0.214. The zero-order valence-electron chi connectivity index (χ0n) is 7.06. The van der Waals surface area contributed by atoms with Gasteiger partial charge in [-0.1, -0.05) is 5.16 Å². The van der Waals surface area contributed by atoms with Crippen LogP contribution in [0.4, 0.5) is 0 Å². The molecule has 6 nitrogen and oxygen atoms in total. The molecule has 1 fully saturated rings. The van der Waals surface area contributed by atoms with Crippen molar-refractivity contribution in [3.63, 3.8) is 0 Å². The van der Waals surface area contributed by atoms with E-state index in [1.165, 1.54) is 7.11 Å². The maximum Gasteiger partial charge on any atom is 0.358 e. The second-order valence-corrected chi connectivity index (χ2v) is 2.60. The van der Waals surface area contributed by atoms with Crippen LogP contribution < -0.4 is 0 Å². The minimum atomic E-state index is -0.595. The first kappa shape index (κ1) is 8.46. The number of esters is 1. The van der Waals surface area contributed by atoms with Gasteiger partial charge in [-0.2, -0.15) is 0 Å². The molecule has 1 saturated heterocycles. The van der Waals surface area contributed by atoms with Crippen LogP contribution in [0.2, 0.25) is 0 Å². The molecule has 0 bridgehead atoms. The molecule has 13 heavy (non-hydrogen) atoms. The molecule has 2 rings (SSSR count). The normalized spacial score (nSPS) is 31.6. The second-order valence-electron chi connectivity index (χ2n) is 2.60. The van der Waals surface area contributed by atoms with Crippen LogP contribution in [0.15, 0.2) is 5.16 Å². The average molecular weight is 187 g/mol. The average Bonchev–Trinajstić information content (AvgIpc) is 2.60. The number of carbonyl (C=O) groups is 1. The van der Waals surface area contributed by atoms with Crippen LogP contribution in [0.5, 0.6) is 0 Å². The Hall–Kier alpha value is -1.14. The van der Waals surface area contributed by atoms with Crippen LogP contribution >= 0.6 is 0 Å². The van der Waals surface area contributed by atoms with Gasteiger partial charge in [0.15, 0.2) is 11.8 Å². The smallest absolute Gasteiger partial charge is 0.358 e.